The quantitative estimate of drug-likeness (QED) is 0.349. The fourth-order valence-corrected chi connectivity index (χ4v) is 4.87. The van der Waals surface area contributed by atoms with Crippen LogP contribution in [0.2, 0.25) is 5.02 Å². The van der Waals surface area contributed by atoms with Crippen LogP contribution in [0, 0.1) is 0 Å². The summed E-state index contributed by atoms with van der Waals surface area (Å²) in [6.45, 7) is 7.19. The summed E-state index contributed by atoms with van der Waals surface area (Å²) in [4.78, 5) is 35.6. The summed E-state index contributed by atoms with van der Waals surface area (Å²) in [5.74, 6) is 1.32. The molecule has 0 aliphatic carbocycles. The number of halogens is 1. The van der Waals surface area contributed by atoms with Gasteiger partial charge in [-0.15, -0.1) is 0 Å². The second-order valence-corrected chi connectivity index (χ2v) is 10.3. The molecule has 1 aliphatic rings. The van der Waals surface area contributed by atoms with Crippen LogP contribution in [0.5, 0.6) is 5.75 Å². The van der Waals surface area contributed by atoms with Gasteiger partial charge >= 0.3 is 0 Å². The number of carbonyl (C=O) groups is 1. The Bertz CT molecular complexity index is 1510. The topological polar surface area (TPSA) is 79.7 Å². The van der Waals surface area contributed by atoms with Crippen LogP contribution in [0.1, 0.15) is 19.7 Å². The van der Waals surface area contributed by atoms with Gasteiger partial charge in [0, 0.05) is 36.9 Å². The Morgan fingerprint density at radius 3 is 2.41 bits per heavy atom. The first-order chi connectivity index (χ1) is 18.9. The SMILES string of the molecule is CC(C)Oc1ccccc1-n1c(CN2CCN(C(=O)CNc3ccc(Cl)cc3)CC2)nc2ccccc2c1=O. The Kier molecular flexibility index (Phi) is 8.14. The van der Waals surface area contributed by atoms with Gasteiger partial charge in [-0.05, 0) is 62.4 Å². The molecule has 0 radical (unpaired) electrons. The molecular weight excluding hydrogens is 514 g/mol. The Labute approximate surface area is 232 Å². The zero-order chi connectivity index (χ0) is 27.4. The second-order valence-electron chi connectivity index (χ2n) is 9.84. The first-order valence-electron chi connectivity index (χ1n) is 13.2. The molecule has 1 amide bonds. The molecule has 5 rings (SSSR count). The van der Waals surface area contributed by atoms with E-state index in [9.17, 15) is 9.59 Å². The minimum absolute atomic E-state index is 0.0430. The molecule has 2 heterocycles. The Balaban J connectivity index is 1.34. The van der Waals surface area contributed by atoms with Gasteiger partial charge in [0.15, 0.2) is 0 Å². The Morgan fingerprint density at radius 2 is 1.67 bits per heavy atom. The van der Waals surface area contributed by atoms with E-state index in [4.69, 9.17) is 21.3 Å². The van der Waals surface area contributed by atoms with Crippen LogP contribution in [-0.2, 0) is 11.3 Å². The number of aromatic nitrogens is 2. The lowest BCUT2D eigenvalue weighted by Crippen LogP contribution is -2.50. The summed E-state index contributed by atoms with van der Waals surface area (Å²) < 4.78 is 7.73. The molecule has 3 aromatic carbocycles. The Morgan fingerprint density at radius 1 is 0.974 bits per heavy atom. The molecule has 4 aromatic rings. The largest absolute Gasteiger partial charge is 0.489 e. The summed E-state index contributed by atoms with van der Waals surface area (Å²) in [7, 11) is 0. The van der Waals surface area contributed by atoms with Crippen molar-refractivity contribution in [2.75, 3.05) is 38.0 Å². The minimum atomic E-state index is -0.127. The molecule has 202 valence electrons. The Hall–Kier alpha value is -3.88. The van der Waals surface area contributed by atoms with Crippen LogP contribution in [0.25, 0.3) is 16.6 Å². The van der Waals surface area contributed by atoms with Gasteiger partial charge in [0.2, 0.25) is 5.91 Å². The molecule has 0 atom stereocenters. The van der Waals surface area contributed by atoms with Crippen molar-refractivity contribution in [2.45, 2.75) is 26.5 Å². The molecule has 0 bridgehead atoms. The highest BCUT2D eigenvalue weighted by Crippen LogP contribution is 2.25. The van der Waals surface area contributed by atoms with E-state index >= 15 is 0 Å². The van der Waals surface area contributed by atoms with Crippen LogP contribution in [0.3, 0.4) is 0 Å². The second kappa shape index (κ2) is 11.9. The van der Waals surface area contributed by atoms with Crippen molar-refractivity contribution in [1.29, 1.82) is 0 Å². The van der Waals surface area contributed by atoms with Crippen LogP contribution in [-0.4, -0.2) is 64.1 Å². The predicted octanol–water partition coefficient (Wildman–Crippen LogP) is 4.58. The van der Waals surface area contributed by atoms with Crippen molar-refractivity contribution in [3.63, 3.8) is 0 Å². The molecular formula is C30H32ClN5O3. The van der Waals surface area contributed by atoms with E-state index in [-0.39, 0.29) is 24.1 Å². The third-order valence-corrected chi connectivity index (χ3v) is 6.94. The molecule has 39 heavy (non-hydrogen) atoms. The van der Waals surface area contributed by atoms with Gasteiger partial charge in [-0.2, -0.15) is 0 Å². The number of rotatable bonds is 8. The fourth-order valence-electron chi connectivity index (χ4n) is 4.74. The molecule has 8 nitrogen and oxygen atoms in total. The van der Waals surface area contributed by atoms with E-state index in [1.807, 2.05) is 73.3 Å². The maximum Gasteiger partial charge on any atom is 0.266 e. The zero-order valence-electron chi connectivity index (χ0n) is 22.1. The molecule has 1 N–H and O–H groups in total. The van der Waals surface area contributed by atoms with Crippen molar-refractivity contribution in [3.8, 4) is 11.4 Å². The number of amides is 1. The molecule has 0 unspecified atom stereocenters. The number of carbonyl (C=O) groups excluding carboxylic acids is 1. The van der Waals surface area contributed by atoms with Crippen molar-refractivity contribution >= 4 is 34.1 Å². The van der Waals surface area contributed by atoms with Gasteiger partial charge in [-0.1, -0.05) is 35.9 Å². The van der Waals surface area contributed by atoms with Crippen molar-refractivity contribution in [1.82, 2.24) is 19.4 Å². The van der Waals surface area contributed by atoms with E-state index < -0.39 is 0 Å². The lowest BCUT2D eigenvalue weighted by Gasteiger charge is -2.35. The number of ether oxygens (including phenoxy) is 1. The van der Waals surface area contributed by atoms with Gasteiger partial charge in [0.25, 0.3) is 5.56 Å². The first-order valence-corrected chi connectivity index (χ1v) is 13.5. The third-order valence-electron chi connectivity index (χ3n) is 6.69. The van der Waals surface area contributed by atoms with Gasteiger partial charge in [0.1, 0.15) is 11.6 Å². The van der Waals surface area contributed by atoms with Crippen LogP contribution >= 0.6 is 11.6 Å². The number of hydrogen-bond donors (Lipinski definition) is 1. The third kappa shape index (κ3) is 6.24. The lowest BCUT2D eigenvalue weighted by molar-refractivity contribution is -0.131. The standard InChI is InChI=1S/C30H32ClN5O3/c1-21(2)39-27-10-6-5-9-26(27)36-28(33-25-8-4-3-7-24(25)30(36)38)20-34-15-17-35(18-16-34)29(37)19-32-23-13-11-22(31)12-14-23/h3-14,21,32H,15-20H2,1-2H3. The predicted molar refractivity (Wildman–Crippen MR) is 155 cm³/mol. The number of nitrogens with one attached hydrogen (secondary N) is 1. The molecule has 1 aliphatic heterocycles. The number of anilines is 1. The lowest BCUT2D eigenvalue weighted by atomic mass is 10.2. The fraction of sp³-hybridized carbons (Fsp3) is 0.300. The minimum Gasteiger partial charge on any atom is -0.489 e. The zero-order valence-corrected chi connectivity index (χ0v) is 22.9. The van der Waals surface area contributed by atoms with Gasteiger partial charge in [-0.25, -0.2) is 4.98 Å². The summed E-state index contributed by atoms with van der Waals surface area (Å²) in [6.07, 6.45) is -0.0430. The number of benzene rings is 3. The van der Waals surface area contributed by atoms with Gasteiger partial charge in [0.05, 0.1) is 35.8 Å². The van der Waals surface area contributed by atoms with Crippen molar-refractivity contribution < 1.29 is 9.53 Å². The maximum atomic E-state index is 13.8. The molecule has 1 aromatic heterocycles. The number of hydrogen-bond acceptors (Lipinski definition) is 6. The summed E-state index contributed by atoms with van der Waals surface area (Å²) in [5.41, 5.74) is 2.07. The summed E-state index contributed by atoms with van der Waals surface area (Å²) in [5, 5.41) is 4.38. The van der Waals surface area contributed by atoms with Gasteiger partial charge < -0.3 is 15.0 Å². The van der Waals surface area contributed by atoms with E-state index in [2.05, 4.69) is 10.2 Å². The average Bonchev–Trinajstić information content (AvgIpc) is 2.93. The number of nitrogens with zero attached hydrogens (tertiary/aromatic N) is 4. The normalized spacial score (nSPS) is 14.1. The smallest absolute Gasteiger partial charge is 0.266 e. The van der Waals surface area contributed by atoms with Crippen LogP contribution in [0.15, 0.2) is 77.6 Å². The molecule has 1 fully saturated rings. The van der Waals surface area contributed by atoms with E-state index in [0.29, 0.717) is 65.9 Å². The van der Waals surface area contributed by atoms with E-state index in [0.717, 1.165) is 5.69 Å². The first kappa shape index (κ1) is 26.7. The molecule has 1 saturated heterocycles. The molecule has 9 heteroatoms. The van der Waals surface area contributed by atoms with E-state index in [1.54, 1.807) is 22.8 Å². The average molecular weight is 546 g/mol. The molecule has 0 spiro atoms. The number of piperazine rings is 1. The van der Waals surface area contributed by atoms with E-state index in [1.165, 1.54) is 0 Å². The highest BCUT2D eigenvalue weighted by Gasteiger charge is 2.24. The summed E-state index contributed by atoms with van der Waals surface area (Å²) in [6, 6.07) is 22.3. The van der Waals surface area contributed by atoms with Crippen molar-refractivity contribution in [2.24, 2.45) is 0 Å². The summed E-state index contributed by atoms with van der Waals surface area (Å²) >= 11 is 5.94. The monoisotopic (exact) mass is 545 g/mol. The van der Waals surface area contributed by atoms with Crippen molar-refractivity contribution in [3.05, 3.63) is 94.0 Å². The van der Waals surface area contributed by atoms with Crippen LogP contribution < -0.4 is 15.6 Å². The van der Waals surface area contributed by atoms with Crippen LogP contribution in [0.4, 0.5) is 5.69 Å². The number of fused-ring (bicyclic) bond motifs is 1. The maximum absolute atomic E-state index is 13.8. The highest BCUT2D eigenvalue weighted by atomic mass is 35.5. The highest BCUT2D eigenvalue weighted by molar-refractivity contribution is 6.30. The number of para-hydroxylation sites is 3. The van der Waals surface area contributed by atoms with Gasteiger partial charge in [-0.3, -0.25) is 19.1 Å². The molecule has 0 saturated carbocycles.